The van der Waals surface area contributed by atoms with Crippen LogP contribution in [0.1, 0.15) is 33.6 Å². The average molecular weight is 352 g/mol. The van der Waals surface area contributed by atoms with Crippen LogP contribution in [-0.2, 0) is 0 Å². The third-order valence-corrected chi connectivity index (χ3v) is 3.64. The zero-order valence-corrected chi connectivity index (χ0v) is 13.5. The molecule has 0 heterocycles. The second kappa shape index (κ2) is 8.55. The Labute approximate surface area is 143 Å². The van der Waals surface area contributed by atoms with Crippen LogP contribution in [0, 0.1) is 17.6 Å². The summed E-state index contributed by atoms with van der Waals surface area (Å²) >= 11 is 5.03. The number of nitrogens with one attached hydrogen (secondary N) is 1. The molecule has 0 aromatic heterocycles. The van der Waals surface area contributed by atoms with Crippen molar-refractivity contribution in [2.75, 3.05) is 6.54 Å². The zero-order valence-electron chi connectivity index (χ0n) is 12.8. The maximum atomic E-state index is 12.5. The molecule has 2 aromatic rings. The Bertz CT molecular complexity index is 715. The smallest absolute Gasteiger partial charge is 0.255 e. The Morgan fingerprint density at radius 3 is 2.17 bits per heavy atom. The topological polar surface area (TPSA) is 46.2 Å². The third kappa shape index (κ3) is 5.74. The summed E-state index contributed by atoms with van der Waals surface area (Å²) in [5.41, 5.74) is 0.441. The fourth-order valence-electron chi connectivity index (χ4n) is 1.88. The number of hydrogen-bond acceptors (Lipinski definition) is 2. The first-order valence-corrected chi connectivity index (χ1v) is 7.83. The third-order valence-electron chi connectivity index (χ3n) is 3.44. The first-order valence-electron chi connectivity index (χ1n) is 7.45. The molecule has 0 atom stereocenters. The Kier molecular flexibility index (Phi) is 6.44. The molecule has 0 unspecified atom stereocenters. The van der Waals surface area contributed by atoms with E-state index < -0.39 is 11.1 Å². The van der Waals surface area contributed by atoms with Gasteiger partial charge in [-0.15, -0.1) is 0 Å². The van der Waals surface area contributed by atoms with Crippen molar-refractivity contribution in [1.29, 1.82) is 0 Å². The summed E-state index contributed by atoms with van der Waals surface area (Å²) in [7, 11) is 0. The summed E-state index contributed by atoms with van der Waals surface area (Å²) in [6.45, 7) is 0.746. The van der Waals surface area contributed by atoms with Crippen LogP contribution in [-0.4, -0.2) is 17.7 Å². The van der Waals surface area contributed by atoms with E-state index in [1.165, 1.54) is 55.3 Å². The molecule has 3 nitrogen and oxygen atoms in total. The van der Waals surface area contributed by atoms with Gasteiger partial charge in [-0.25, -0.2) is 8.78 Å². The molecule has 1 N–H and O–H groups in total. The first kappa shape index (κ1) is 18.1. The standard InChI is InChI=1S/C11H12FNO.C7H4ClFO/c12-10-5-3-9(4-6-10)11(14)13-7-8-1-2-8;8-7(10)5-3-1-2-4-6(5)9/h3-6,8H,1-2,7H2,(H,13,14);1-4H. The molecular weight excluding hydrogens is 336 g/mol. The number of halogens is 3. The van der Waals surface area contributed by atoms with E-state index in [-0.39, 0.29) is 17.3 Å². The maximum absolute atomic E-state index is 12.5. The molecule has 1 amide bonds. The predicted octanol–water partition coefficient (Wildman–Crippen LogP) is 4.17. The molecule has 6 heteroatoms. The molecule has 1 saturated carbocycles. The van der Waals surface area contributed by atoms with Crippen molar-refractivity contribution in [3.05, 3.63) is 71.3 Å². The van der Waals surface area contributed by atoms with E-state index in [9.17, 15) is 18.4 Å². The largest absolute Gasteiger partial charge is 0.352 e. The monoisotopic (exact) mass is 351 g/mol. The van der Waals surface area contributed by atoms with E-state index >= 15 is 0 Å². The molecule has 0 spiro atoms. The van der Waals surface area contributed by atoms with E-state index in [0.29, 0.717) is 11.5 Å². The number of benzene rings is 2. The summed E-state index contributed by atoms with van der Waals surface area (Å²) in [4.78, 5) is 21.8. The fourth-order valence-corrected chi connectivity index (χ4v) is 2.04. The highest BCUT2D eigenvalue weighted by Crippen LogP contribution is 2.27. The van der Waals surface area contributed by atoms with Gasteiger partial charge in [0.1, 0.15) is 11.6 Å². The minimum Gasteiger partial charge on any atom is -0.352 e. The van der Waals surface area contributed by atoms with Crippen molar-refractivity contribution in [3.63, 3.8) is 0 Å². The summed E-state index contributed by atoms with van der Waals surface area (Å²) < 4.78 is 25.1. The van der Waals surface area contributed by atoms with Crippen LogP contribution in [0.15, 0.2) is 48.5 Å². The van der Waals surface area contributed by atoms with Gasteiger partial charge in [0, 0.05) is 12.1 Å². The molecule has 1 fully saturated rings. The van der Waals surface area contributed by atoms with Crippen molar-refractivity contribution in [2.45, 2.75) is 12.8 Å². The number of carbonyl (C=O) groups excluding carboxylic acids is 2. The maximum Gasteiger partial charge on any atom is 0.255 e. The fraction of sp³-hybridized carbons (Fsp3) is 0.222. The molecule has 0 saturated heterocycles. The summed E-state index contributed by atoms with van der Waals surface area (Å²) in [5.74, 6) is -0.345. The minimum atomic E-state index is -0.766. The van der Waals surface area contributed by atoms with Crippen molar-refractivity contribution < 1.29 is 18.4 Å². The molecular formula is C18H16ClF2NO2. The Morgan fingerprint density at radius 1 is 1.04 bits per heavy atom. The van der Waals surface area contributed by atoms with Gasteiger partial charge in [0.2, 0.25) is 0 Å². The molecule has 1 aliphatic carbocycles. The van der Waals surface area contributed by atoms with Gasteiger partial charge < -0.3 is 5.32 Å². The number of hydrogen-bond donors (Lipinski definition) is 1. The molecule has 0 aliphatic heterocycles. The van der Waals surface area contributed by atoms with Gasteiger partial charge in [-0.05, 0) is 66.8 Å². The molecule has 1 aliphatic rings. The molecule has 24 heavy (non-hydrogen) atoms. The van der Waals surface area contributed by atoms with Gasteiger partial charge in [-0.1, -0.05) is 12.1 Å². The summed E-state index contributed by atoms with van der Waals surface area (Å²) in [6.07, 6.45) is 2.42. The van der Waals surface area contributed by atoms with E-state index in [2.05, 4.69) is 5.32 Å². The zero-order chi connectivity index (χ0) is 17.5. The highest BCUT2D eigenvalue weighted by Gasteiger charge is 2.21. The van der Waals surface area contributed by atoms with Gasteiger partial charge >= 0.3 is 0 Å². The van der Waals surface area contributed by atoms with Crippen LogP contribution in [0.3, 0.4) is 0 Å². The predicted molar refractivity (Wildman–Crippen MR) is 88.0 cm³/mol. The lowest BCUT2D eigenvalue weighted by Gasteiger charge is -2.03. The lowest BCUT2D eigenvalue weighted by atomic mass is 10.2. The van der Waals surface area contributed by atoms with Crippen LogP contribution in [0.25, 0.3) is 0 Å². The van der Waals surface area contributed by atoms with Gasteiger partial charge in [-0.2, -0.15) is 0 Å². The van der Waals surface area contributed by atoms with Crippen molar-refractivity contribution in [1.82, 2.24) is 5.32 Å². The van der Waals surface area contributed by atoms with E-state index in [0.717, 1.165) is 6.54 Å². The summed E-state index contributed by atoms with van der Waals surface area (Å²) in [5, 5.41) is 2.05. The summed E-state index contributed by atoms with van der Waals surface area (Å²) in [6, 6.07) is 11.2. The normalized spacial score (nSPS) is 12.8. The van der Waals surface area contributed by atoms with E-state index in [1.54, 1.807) is 6.07 Å². The average Bonchev–Trinajstić information content (AvgIpc) is 3.38. The van der Waals surface area contributed by atoms with Crippen molar-refractivity contribution in [3.8, 4) is 0 Å². The van der Waals surface area contributed by atoms with Gasteiger partial charge in [0.25, 0.3) is 11.1 Å². The van der Waals surface area contributed by atoms with Gasteiger partial charge in [-0.3, -0.25) is 9.59 Å². The van der Waals surface area contributed by atoms with Crippen molar-refractivity contribution in [2.24, 2.45) is 5.92 Å². The lowest BCUT2D eigenvalue weighted by molar-refractivity contribution is 0.0951. The SMILES string of the molecule is O=C(Cl)c1ccccc1F.O=C(NCC1CC1)c1ccc(F)cc1. The molecule has 0 bridgehead atoms. The Morgan fingerprint density at radius 2 is 1.67 bits per heavy atom. The molecule has 0 radical (unpaired) electrons. The number of amides is 1. The van der Waals surface area contributed by atoms with Crippen LogP contribution >= 0.6 is 11.6 Å². The molecule has 3 rings (SSSR count). The van der Waals surface area contributed by atoms with Gasteiger partial charge in [0.15, 0.2) is 0 Å². The van der Waals surface area contributed by atoms with Crippen LogP contribution in [0.4, 0.5) is 8.78 Å². The highest BCUT2D eigenvalue weighted by atomic mass is 35.5. The molecule has 126 valence electrons. The molecule has 2 aromatic carbocycles. The van der Waals surface area contributed by atoms with Crippen LogP contribution < -0.4 is 5.32 Å². The number of carbonyl (C=O) groups is 2. The van der Waals surface area contributed by atoms with Crippen LogP contribution in [0.2, 0.25) is 0 Å². The minimum absolute atomic E-state index is 0.0795. The van der Waals surface area contributed by atoms with E-state index in [1.807, 2.05) is 0 Å². The first-order chi connectivity index (χ1) is 11.5. The Hall–Kier alpha value is -2.27. The lowest BCUT2D eigenvalue weighted by Crippen LogP contribution is -2.25. The van der Waals surface area contributed by atoms with Gasteiger partial charge in [0.05, 0.1) is 5.56 Å². The van der Waals surface area contributed by atoms with Crippen molar-refractivity contribution >= 4 is 22.8 Å². The van der Waals surface area contributed by atoms with E-state index in [4.69, 9.17) is 11.6 Å². The number of rotatable bonds is 4. The Balaban J connectivity index is 0.000000185. The second-order valence-corrected chi connectivity index (χ2v) is 5.76. The van der Waals surface area contributed by atoms with Crippen LogP contribution in [0.5, 0.6) is 0 Å². The quantitative estimate of drug-likeness (QED) is 0.840. The highest BCUT2D eigenvalue weighted by molar-refractivity contribution is 6.67. The second-order valence-electron chi connectivity index (χ2n) is 5.41.